The minimum Gasteiger partial charge on any atom is -0.365 e. The summed E-state index contributed by atoms with van der Waals surface area (Å²) in [7, 11) is 0. The molecule has 24 heavy (non-hydrogen) atoms. The number of hydrogen-bond acceptors (Lipinski definition) is 4. The molecular formula is C19H23N3O2. The molecule has 0 spiro atoms. The van der Waals surface area contributed by atoms with Gasteiger partial charge in [0.2, 0.25) is 0 Å². The van der Waals surface area contributed by atoms with Crippen molar-refractivity contribution in [2.75, 3.05) is 37.7 Å². The highest BCUT2D eigenvalue weighted by Crippen LogP contribution is 2.21. The summed E-state index contributed by atoms with van der Waals surface area (Å²) in [6.07, 6.45) is 3.07. The fourth-order valence-corrected chi connectivity index (χ4v) is 3.56. The van der Waals surface area contributed by atoms with Crippen molar-refractivity contribution >= 4 is 22.6 Å². The first-order valence-corrected chi connectivity index (χ1v) is 8.82. The van der Waals surface area contributed by atoms with Gasteiger partial charge in [0.15, 0.2) is 6.10 Å². The van der Waals surface area contributed by atoms with E-state index in [1.165, 1.54) is 6.42 Å². The lowest BCUT2D eigenvalue weighted by Crippen LogP contribution is -2.52. The predicted molar refractivity (Wildman–Crippen MR) is 94.1 cm³/mol. The summed E-state index contributed by atoms with van der Waals surface area (Å²) < 4.78 is 5.77. The van der Waals surface area contributed by atoms with Crippen LogP contribution in [0.15, 0.2) is 36.4 Å². The Labute approximate surface area is 142 Å². The van der Waals surface area contributed by atoms with Crippen molar-refractivity contribution in [3.05, 3.63) is 36.4 Å². The quantitative estimate of drug-likeness (QED) is 0.851. The molecule has 5 heteroatoms. The SMILES string of the molecule is O=C(C1CN(c2ccc3ccccc3n2)CCO1)N1CCCCC1. The van der Waals surface area contributed by atoms with Crippen molar-refractivity contribution in [2.24, 2.45) is 0 Å². The first-order chi connectivity index (χ1) is 11.8. The predicted octanol–water partition coefficient (Wildman–Crippen LogP) is 2.45. The van der Waals surface area contributed by atoms with Crippen LogP contribution in [-0.4, -0.2) is 54.7 Å². The molecule has 2 fully saturated rings. The van der Waals surface area contributed by atoms with Gasteiger partial charge in [-0.15, -0.1) is 0 Å². The molecule has 0 aliphatic carbocycles. The molecule has 1 atom stereocenters. The number of morpholine rings is 1. The van der Waals surface area contributed by atoms with Gasteiger partial charge in [-0.2, -0.15) is 0 Å². The highest BCUT2D eigenvalue weighted by atomic mass is 16.5. The Kier molecular flexibility index (Phi) is 4.34. The summed E-state index contributed by atoms with van der Waals surface area (Å²) in [6.45, 7) is 3.66. The molecule has 0 bridgehead atoms. The molecule has 4 rings (SSSR count). The van der Waals surface area contributed by atoms with E-state index >= 15 is 0 Å². The molecule has 1 unspecified atom stereocenters. The highest BCUT2D eigenvalue weighted by Gasteiger charge is 2.31. The molecule has 126 valence electrons. The van der Waals surface area contributed by atoms with Crippen molar-refractivity contribution < 1.29 is 9.53 Å². The van der Waals surface area contributed by atoms with E-state index in [9.17, 15) is 4.79 Å². The number of piperidine rings is 1. The molecule has 1 aromatic carbocycles. The minimum absolute atomic E-state index is 0.139. The number of anilines is 1. The first-order valence-electron chi connectivity index (χ1n) is 8.82. The van der Waals surface area contributed by atoms with E-state index in [0.717, 1.165) is 49.2 Å². The molecule has 0 radical (unpaired) electrons. The van der Waals surface area contributed by atoms with E-state index in [0.29, 0.717) is 13.2 Å². The summed E-state index contributed by atoms with van der Waals surface area (Å²) in [4.78, 5) is 21.6. The lowest BCUT2D eigenvalue weighted by Gasteiger charge is -2.36. The third kappa shape index (κ3) is 3.08. The molecule has 3 heterocycles. The average molecular weight is 325 g/mol. The average Bonchev–Trinajstić information content (AvgIpc) is 2.68. The summed E-state index contributed by atoms with van der Waals surface area (Å²) in [5.74, 6) is 1.06. The molecular weight excluding hydrogens is 302 g/mol. The van der Waals surface area contributed by atoms with Crippen LogP contribution in [0.2, 0.25) is 0 Å². The van der Waals surface area contributed by atoms with Crippen molar-refractivity contribution in [3.8, 4) is 0 Å². The number of benzene rings is 1. The molecule has 2 aliphatic rings. The van der Waals surface area contributed by atoms with Gasteiger partial charge in [-0.25, -0.2) is 4.98 Å². The molecule has 2 aromatic rings. The van der Waals surface area contributed by atoms with Crippen molar-refractivity contribution in [1.82, 2.24) is 9.88 Å². The monoisotopic (exact) mass is 325 g/mol. The second kappa shape index (κ2) is 6.77. The maximum absolute atomic E-state index is 12.7. The molecule has 2 aliphatic heterocycles. The Morgan fingerprint density at radius 3 is 2.75 bits per heavy atom. The first kappa shape index (κ1) is 15.4. The van der Waals surface area contributed by atoms with Crippen LogP contribution in [-0.2, 0) is 9.53 Å². The fraction of sp³-hybridized carbons (Fsp3) is 0.474. The van der Waals surface area contributed by atoms with Gasteiger partial charge in [-0.1, -0.05) is 18.2 Å². The number of likely N-dealkylation sites (tertiary alicyclic amines) is 1. The molecule has 1 amide bonds. The maximum atomic E-state index is 12.7. The van der Waals surface area contributed by atoms with Crippen molar-refractivity contribution in [2.45, 2.75) is 25.4 Å². The van der Waals surface area contributed by atoms with Crippen LogP contribution >= 0.6 is 0 Å². The largest absolute Gasteiger partial charge is 0.365 e. The smallest absolute Gasteiger partial charge is 0.253 e. The Hall–Kier alpha value is -2.14. The van der Waals surface area contributed by atoms with Crippen LogP contribution in [0.3, 0.4) is 0 Å². The minimum atomic E-state index is -0.370. The van der Waals surface area contributed by atoms with Gasteiger partial charge in [0.25, 0.3) is 5.91 Å². The zero-order valence-corrected chi connectivity index (χ0v) is 13.9. The zero-order valence-electron chi connectivity index (χ0n) is 13.9. The van der Waals surface area contributed by atoms with E-state index < -0.39 is 0 Å². The number of carbonyl (C=O) groups excluding carboxylic acids is 1. The van der Waals surface area contributed by atoms with E-state index in [1.54, 1.807) is 0 Å². The standard InChI is InChI=1S/C19H23N3O2/c23-19(21-10-4-1-5-11-21)17-14-22(12-13-24-17)18-9-8-15-6-2-3-7-16(15)20-18/h2-3,6-9,17H,1,4-5,10-14H2. The van der Waals surface area contributed by atoms with Gasteiger partial charge < -0.3 is 14.5 Å². The van der Waals surface area contributed by atoms with E-state index in [-0.39, 0.29) is 12.0 Å². The van der Waals surface area contributed by atoms with Crippen LogP contribution in [0.4, 0.5) is 5.82 Å². The molecule has 0 saturated carbocycles. The lowest BCUT2D eigenvalue weighted by atomic mass is 10.1. The van der Waals surface area contributed by atoms with Gasteiger partial charge in [-0.05, 0) is 37.5 Å². The van der Waals surface area contributed by atoms with E-state index in [4.69, 9.17) is 9.72 Å². The lowest BCUT2D eigenvalue weighted by molar-refractivity contribution is -0.145. The van der Waals surface area contributed by atoms with E-state index in [2.05, 4.69) is 17.0 Å². The Bertz CT molecular complexity index is 727. The highest BCUT2D eigenvalue weighted by molar-refractivity contribution is 5.83. The zero-order chi connectivity index (χ0) is 16.4. The van der Waals surface area contributed by atoms with Gasteiger partial charge in [0, 0.05) is 25.0 Å². The number of fused-ring (bicyclic) bond motifs is 1. The van der Waals surface area contributed by atoms with Gasteiger partial charge in [0.05, 0.1) is 18.7 Å². The normalized spacial score (nSPS) is 21.9. The second-order valence-corrected chi connectivity index (χ2v) is 6.55. The summed E-state index contributed by atoms with van der Waals surface area (Å²) in [5, 5.41) is 1.13. The summed E-state index contributed by atoms with van der Waals surface area (Å²) in [6, 6.07) is 12.2. The van der Waals surface area contributed by atoms with Crippen LogP contribution in [0.5, 0.6) is 0 Å². The third-order valence-electron chi connectivity index (χ3n) is 4.92. The Morgan fingerprint density at radius 2 is 1.88 bits per heavy atom. The number of amides is 1. The van der Waals surface area contributed by atoms with Gasteiger partial charge in [-0.3, -0.25) is 4.79 Å². The molecule has 1 aromatic heterocycles. The Morgan fingerprint density at radius 1 is 1.04 bits per heavy atom. The number of aromatic nitrogens is 1. The van der Waals surface area contributed by atoms with Crippen molar-refractivity contribution in [3.63, 3.8) is 0 Å². The summed E-state index contributed by atoms with van der Waals surface area (Å²) >= 11 is 0. The number of carbonyl (C=O) groups is 1. The topological polar surface area (TPSA) is 45.7 Å². The second-order valence-electron chi connectivity index (χ2n) is 6.55. The molecule has 2 saturated heterocycles. The fourth-order valence-electron chi connectivity index (χ4n) is 3.56. The van der Waals surface area contributed by atoms with Crippen LogP contribution in [0, 0.1) is 0 Å². The number of hydrogen-bond donors (Lipinski definition) is 0. The van der Waals surface area contributed by atoms with E-state index in [1.807, 2.05) is 29.2 Å². The maximum Gasteiger partial charge on any atom is 0.253 e. The third-order valence-corrected chi connectivity index (χ3v) is 4.92. The number of rotatable bonds is 2. The van der Waals surface area contributed by atoms with Crippen LogP contribution < -0.4 is 4.90 Å². The molecule has 5 nitrogen and oxygen atoms in total. The van der Waals surface area contributed by atoms with Crippen LogP contribution in [0.25, 0.3) is 10.9 Å². The van der Waals surface area contributed by atoms with Gasteiger partial charge >= 0.3 is 0 Å². The number of nitrogens with zero attached hydrogens (tertiary/aromatic N) is 3. The summed E-state index contributed by atoms with van der Waals surface area (Å²) in [5.41, 5.74) is 0.986. The van der Waals surface area contributed by atoms with Crippen molar-refractivity contribution in [1.29, 1.82) is 0 Å². The number of ether oxygens (including phenoxy) is 1. The number of para-hydroxylation sites is 1. The van der Waals surface area contributed by atoms with Gasteiger partial charge in [0.1, 0.15) is 5.82 Å². The van der Waals surface area contributed by atoms with Crippen LogP contribution in [0.1, 0.15) is 19.3 Å². The molecule has 0 N–H and O–H groups in total. The Balaban J connectivity index is 1.50. The number of pyridine rings is 1.